The number of hydrogen-bond donors (Lipinski definition) is 1. The summed E-state index contributed by atoms with van der Waals surface area (Å²) in [6.45, 7) is 5.14. The van der Waals surface area contributed by atoms with Gasteiger partial charge in [-0.15, -0.1) is 6.58 Å². The van der Waals surface area contributed by atoms with E-state index in [0.717, 1.165) is 48.2 Å². The molecule has 1 unspecified atom stereocenters. The first kappa shape index (κ1) is 20.0. The van der Waals surface area contributed by atoms with Gasteiger partial charge in [-0.25, -0.2) is 4.98 Å². The van der Waals surface area contributed by atoms with Gasteiger partial charge >= 0.3 is 0 Å². The molecule has 1 aliphatic rings. The number of aromatic nitrogens is 2. The summed E-state index contributed by atoms with van der Waals surface area (Å²) in [4.78, 5) is 22.8. The minimum Gasteiger partial charge on any atom is -0.493 e. The first-order valence-electron chi connectivity index (χ1n) is 10.3. The van der Waals surface area contributed by atoms with E-state index in [1.807, 2.05) is 53.4 Å². The Morgan fingerprint density at radius 2 is 2.17 bits per heavy atom. The summed E-state index contributed by atoms with van der Waals surface area (Å²) in [5, 5.41) is 0. The summed E-state index contributed by atoms with van der Waals surface area (Å²) >= 11 is 0. The van der Waals surface area contributed by atoms with Crippen LogP contribution in [0.25, 0.3) is 11.0 Å². The highest BCUT2D eigenvalue weighted by Crippen LogP contribution is 2.29. The van der Waals surface area contributed by atoms with Crippen LogP contribution in [-0.2, 0) is 11.2 Å². The van der Waals surface area contributed by atoms with Crippen LogP contribution in [-0.4, -0.2) is 47.6 Å². The molecule has 1 fully saturated rings. The van der Waals surface area contributed by atoms with E-state index in [1.165, 1.54) is 0 Å². The molecule has 1 aromatic heterocycles. The average Bonchev–Trinajstić information content (AvgIpc) is 3.22. The number of aromatic amines is 1. The summed E-state index contributed by atoms with van der Waals surface area (Å²) in [5.74, 6) is 2.34. The molecule has 0 spiro atoms. The lowest BCUT2D eigenvalue weighted by molar-refractivity contribution is -0.134. The molecule has 2 heterocycles. The van der Waals surface area contributed by atoms with Crippen molar-refractivity contribution < 1.29 is 14.3 Å². The second-order valence-corrected chi connectivity index (χ2v) is 7.58. The zero-order chi connectivity index (χ0) is 20.9. The molecular formula is C24H27N3O3. The van der Waals surface area contributed by atoms with Crippen molar-refractivity contribution in [1.29, 1.82) is 0 Å². The maximum atomic E-state index is 12.8. The van der Waals surface area contributed by atoms with E-state index in [0.29, 0.717) is 18.0 Å². The molecule has 6 nitrogen and oxygen atoms in total. The van der Waals surface area contributed by atoms with Gasteiger partial charge in [-0.3, -0.25) is 4.79 Å². The van der Waals surface area contributed by atoms with Gasteiger partial charge in [0.25, 0.3) is 5.91 Å². The Morgan fingerprint density at radius 1 is 1.30 bits per heavy atom. The van der Waals surface area contributed by atoms with E-state index in [4.69, 9.17) is 14.5 Å². The number of piperidine rings is 1. The monoisotopic (exact) mass is 405 g/mol. The number of hydrogen-bond acceptors (Lipinski definition) is 4. The number of nitrogens with one attached hydrogen (secondary N) is 1. The van der Waals surface area contributed by atoms with Gasteiger partial charge in [0.1, 0.15) is 5.82 Å². The second-order valence-electron chi connectivity index (χ2n) is 7.58. The highest BCUT2D eigenvalue weighted by molar-refractivity contribution is 5.78. The SMILES string of the molecule is C=CCc1ccc(OCC(=O)N2CCCC(c3nc4ccccc4[nH]3)C2)c(OC)c1. The minimum atomic E-state index is -0.0203. The van der Waals surface area contributed by atoms with Crippen LogP contribution in [0.4, 0.5) is 0 Å². The Hall–Kier alpha value is -3.28. The van der Waals surface area contributed by atoms with Crippen LogP contribution in [0, 0.1) is 0 Å². The average molecular weight is 405 g/mol. The standard InChI is InChI=1S/C24H27N3O3/c1-3-7-17-11-12-21(22(14-17)29-2)30-16-23(28)27-13-6-8-18(15-27)24-25-19-9-4-5-10-20(19)26-24/h3-5,9-12,14,18H,1,6-8,13,15-16H2,2H3,(H,25,26). The third kappa shape index (κ3) is 4.32. The lowest BCUT2D eigenvalue weighted by atomic mass is 9.97. The summed E-state index contributed by atoms with van der Waals surface area (Å²) < 4.78 is 11.2. The Kier molecular flexibility index (Phi) is 6.02. The van der Waals surface area contributed by atoms with E-state index < -0.39 is 0 Å². The third-order valence-electron chi connectivity index (χ3n) is 5.53. The van der Waals surface area contributed by atoms with Crippen molar-refractivity contribution in [3.8, 4) is 11.5 Å². The summed E-state index contributed by atoms with van der Waals surface area (Å²) in [6, 6.07) is 13.7. The predicted octanol–water partition coefficient (Wildman–Crippen LogP) is 4.09. The molecule has 3 aromatic rings. The van der Waals surface area contributed by atoms with E-state index in [2.05, 4.69) is 11.6 Å². The van der Waals surface area contributed by atoms with Crippen LogP contribution >= 0.6 is 0 Å². The van der Waals surface area contributed by atoms with Crippen molar-refractivity contribution in [2.24, 2.45) is 0 Å². The number of amides is 1. The van der Waals surface area contributed by atoms with Gasteiger partial charge in [0.15, 0.2) is 18.1 Å². The molecule has 1 saturated heterocycles. The first-order valence-corrected chi connectivity index (χ1v) is 10.3. The Balaban J connectivity index is 1.39. The molecule has 156 valence electrons. The van der Waals surface area contributed by atoms with Crippen molar-refractivity contribution in [3.05, 3.63) is 66.5 Å². The van der Waals surface area contributed by atoms with Gasteiger partial charge in [-0.1, -0.05) is 24.3 Å². The van der Waals surface area contributed by atoms with Crippen molar-refractivity contribution in [3.63, 3.8) is 0 Å². The van der Waals surface area contributed by atoms with Crippen LogP contribution in [0.15, 0.2) is 55.1 Å². The predicted molar refractivity (Wildman–Crippen MR) is 117 cm³/mol. The molecule has 30 heavy (non-hydrogen) atoms. The van der Waals surface area contributed by atoms with Crippen LogP contribution < -0.4 is 9.47 Å². The van der Waals surface area contributed by atoms with Crippen molar-refractivity contribution >= 4 is 16.9 Å². The van der Waals surface area contributed by atoms with Crippen molar-refractivity contribution in [2.45, 2.75) is 25.2 Å². The van der Waals surface area contributed by atoms with Crippen LogP contribution in [0.3, 0.4) is 0 Å². The number of benzene rings is 2. The van der Waals surface area contributed by atoms with Crippen LogP contribution in [0.5, 0.6) is 11.5 Å². The number of H-pyrrole nitrogens is 1. The lowest BCUT2D eigenvalue weighted by Gasteiger charge is -2.31. The normalized spacial score (nSPS) is 16.4. The van der Waals surface area contributed by atoms with Gasteiger partial charge in [0.05, 0.1) is 18.1 Å². The molecule has 1 amide bonds. The topological polar surface area (TPSA) is 67.5 Å². The number of carbonyl (C=O) groups excluding carboxylic acids is 1. The number of carbonyl (C=O) groups is 1. The maximum absolute atomic E-state index is 12.8. The molecule has 4 rings (SSSR count). The molecule has 0 saturated carbocycles. The lowest BCUT2D eigenvalue weighted by Crippen LogP contribution is -2.41. The highest BCUT2D eigenvalue weighted by Gasteiger charge is 2.27. The van der Waals surface area contributed by atoms with Crippen molar-refractivity contribution in [1.82, 2.24) is 14.9 Å². The van der Waals surface area contributed by atoms with E-state index in [9.17, 15) is 4.79 Å². The molecule has 1 aliphatic heterocycles. The second kappa shape index (κ2) is 9.03. The fourth-order valence-electron chi connectivity index (χ4n) is 3.95. The molecular weight excluding hydrogens is 378 g/mol. The van der Waals surface area contributed by atoms with E-state index >= 15 is 0 Å². The number of ether oxygens (including phenoxy) is 2. The van der Waals surface area contributed by atoms with Gasteiger partial charge in [0, 0.05) is 19.0 Å². The number of para-hydroxylation sites is 2. The molecule has 6 heteroatoms. The largest absolute Gasteiger partial charge is 0.493 e. The Bertz CT molecular complexity index is 1010. The minimum absolute atomic E-state index is 0.00991. The van der Waals surface area contributed by atoms with Gasteiger partial charge in [0.2, 0.25) is 0 Å². The first-order chi connectivity index (χ1) is 14.7. The smallest absolute Gasteiger partial charge is 0.260 e. The van der Waals surface area contributed by atoms with Gasteiger partial charge < -0.3 is 19.4 Å². The molecule has 1 N–H and O–H groups in total. The third-order valence-corrected chi connectivity index (χ3v) is 5.53. The molecule has 0 radical (unpaired) electrons. The Morgan fingerprint density at radius 3 is 2.97 bits per heavy atom. The van der Waals surface area contributed by atoms with Crippen LogP contribution in [0.1, 0.15) is 30.1 Å². The zero-order valence-electron chi connectivity index (χ0n) is 17.3. The molecule has 2 aromatic carbocycles. The molecule has 1 atom stereocenters. The summed E-state index contributed by atoms with van der Waals surface area (Å²) in [5.41, 5.74) is 3.09. The number of likely N-dealkylation sites (tertiary alicyclic amines) is 1. The molecule has 0 bridgehead atoms. The number of rotatable bonds is 7. The van der Waals surface area contributed by atoms with Gasteiger partial charge in [-0.2, -0.15) is 0 Å². The highest BCUT2D eigenvalue weighted by atomic mass is 16.5. The summed E-state index contributed by atoms with van der Waals surface area (Å²) in [7, 11) is 1.60. The van der Waals surface area contributed by atoms with E-state index in [1.54, 1.807) is 7.11 Å². The quantitative estimate of drug-likeness (QED) is 0.602. The summed E-state index contributed by atoms with van der Waals surface area (Å²) in [6.07, 6.45) is 4.57. The zero-order valence-corrected chi connectivity index (χ0v) is 17.3. The fraction of sp³-hybridized carbons (Fsp3) is 0.333. The number of fused-ring (bicyclic) bond motifs is 1. The van der Waals surface area contributed by atoms with Crippen LogP contribution in [0.2, 0.25) is 0 Å². The number of methoxy groups -OCH3 is 1. The number of imidazole rings is 1. The van der Waals surface area contributed by atoms with Gasteiger partial charge in [-0.05, 0) is 49.1 Å². The number of allylic oxidation sites excluding steroid dienone is 1. The molecule has 0 aliphatic carbocycles. The maximum Gasteiger partial charge on any atom is 0.260 e. The van der Waals surface area contributed by atoms with Crippen molar-refractivity contribution in [2.75, 3.05) is 26.8 Å². The fourth-order valence-corrected chi connectivity index (χ4v) is 3.95. The van der Waals surface area contributed by atoms with E-state index in [-0.39, 0.29) is 18.4 Å². The Labute approximate surface area is 176 Å². The number of nitrogens with zero attached hydrogens (tertiary/aromatic N) is 2.